The minimum absolute atomic E-state index is 0.00940. The van der Waals surface area contributed by atoms with E-state index < -0.39 is 0 Å². The fourth-order valence-corrected chi connectivity index (χ4v) is 2.18. The molecule has 0 saturated heterocycles. The smallest absolute Gasteiger partial charge is 0.224 e. The van der Waals surface area contributed by atoms with Crippen LogP contribution >= 0.6 is 15.9 Å². The summed E-state index contributed by atoms with van der Waals surface area (Å²) in [7, 11) is 0. The predicted octanol–water partition coefficient (Wildman–Crippen LogP) is 3.72. The topological polar surface area (TPSA) is 42.0 Å². The molecule has 1 heterocycles. The van der Waals surface area contributed by atoms with Gasteiger partial charge in [0.2, 0.25) is 5.91 Å². The lowest BCUT2D eigenvalue weighted by Gasteiger charge is -2.08. The van der Waals surface area contributed by atoms with Gasteiger partial charge in [-0.3, -0.25) is 9.78 Å². The van der Waals surface area contributed by atoms with Crippen LogP contribution in [-0.2, 0) is 11.2 Å². The van der Waals surface area contributed by atoms with Gasteiger partial charge in [0.1, 0.15) is 0 Å². The Kier molecular flexibility index (Phi) is 4.68. The Balaban J connectivity index is 1.92. The Morgan fingerprint density at radius 2 is 2.11 bits per heavy atom. The second-order valence-corrected chi connectivity index (χ2v) is 5.18. The van der Waals surface area contributed by atoms with Crippen molar-refractivity contribution < 1.29 is 4.79 Å². The van der Waals surface area contributed by atoms with Gasteiger partial charge in [0.25, 0.3) is 0 Å². The van der Waals surface area contributed by atoms with Crippen LogP contribution in [0.1, 0.15) is 17.5 Å². The van der Waals surface area contributed by atoms with E-state index in [0.717, 1.165) is 16.6 Å². The number of nitrogens with one attached hydrogen (secondary N) is 1. The minimum atomic E-state index is 0.00940. The minimum Gasteiger partial charge on any atom is -0.325 e. The van der Waals surface area contributed by atoms with Crippen molar-refractivity contribution in [2.45, 2.75) is 19.8 Å². The molecule has 1 aromatic carbocycles. The van der Waals surface area contributed by atoms with Crippen LogP contribution in [0.15, 0.2) is 47.2 Å². The molecule has 0 spiro atoms. The first-order valence-electron chi connectivity index (χ1n) is 6.10. The van der Waals surface area contributed by atoms with Crippen LogP contribution < -0.4 is 5.32 Å². The molecule has 0 bridgehead atoms. The van der Waals surface area contributed by atoms with Crippen LogP contribution in [-0.4, -0.2) is 10.9 Å². The molecule has 0 fully saturated rings. The van der Waals surface area contributed by atoms with Crippen molar-refractivity contribution in [3.8, 4) is 0 Å². The number of aromatic nitrogens is 1. The van der Waals surface area contributed by atoms with Gasteiger partial charge < -0.3 is 5.32 Å². The summed E-state index contributed by atoms with van der Waals surface area (Å²) in [6.45, 7) is 2.06. The summed E-state index contributed by atoms with van der Waals surface area (Å²) in [5, 5.41) is 2.87. The summed E-state index contributed by atoms with van der Waals surface area (Å²) >= 11 is 3.36. The van der Waals surface area contributed by atoms with Gasteiger partial charge in [-0.1, -0.05) is 24.3 Å². The maximum Gasteiger partial charge on any atom is 0.224 e. The zero-order chi connectivity index (χ0) is 13.7. The number of hydrogen-bond donors (Lipinski definition) is 1. The highest BCUT2D eigenvalue weighted by molar-refractivity contribution is 9.10. The van der Waals surface area contributed by atoms with E-state index in [2.05, 4.69) is 45.3 Å². The van der Waals surface area contributed by atoms with Crippen molar-refractivity contribution in [2.75, 3.05) is 5.32 Å². The Morgan fingerprint density at radius 1 is 1.32 bits per heavy atom. The lowest BCUT2D eigenvalue weighted by Crippen LogP contribution is -2.13. The molecule has 0 radical (unpaired) electrons. The quantitative estimate of drug-likeness (QED) is 0.933. The van der Waals surface area contributed by atoms with Gasteiger partial charge in [-0.15, -0.1) is 0 Å². The Morgan fingerprint density at radius 3 is 2.84 bits per heavy atom. The molecule has 98 valence electrons. The third kappa shape index (κ3) is 3.89. The van der Waals surface area contributed by atoms with Crippen molar-refractivity contribution in [2.24, 2.45) is 0 Å². The van der Waals surface area contributed by atoms with Gasteiger partial charge in [-0.25, -0.2) is 0 Å². The fraction of sp³-hybridized carbons (Fsp3) is 0.200. The molecule has 0 aliphatic heterocycles. The molecule has 2 rings (SSSR count). The molecule has 1 N–H and O–H groups in total. The lowest BCUT2D eigenvalue weighted by atomic mass is 10.0. The molecule has 1 aromatic heterocycles. The normalized spacial score (nSPS) is 10.2. The molecular formula is C15H15BrN2O. The van der Waals surface area contributed by atoms with Crippen molar-refractivity contribution in [1.29, 1.82) is 0 Å². The van der Waals surface area contributed by atoms with E-state index in [1.807, 2.05) is 12.1 Å². The number of hydrogen-bond acceptors (Lipinski definition) is 2. The van der Waals surface area contributed by atoms with Crippen molar-refractivity contribution >= 4 is 27.5 Å². The first-order valence-corrected chi connectivity index (χ1v) is 6.90. The summed E-state index contributed by atoms with van der Waals surface area (Å²) in [4.78, 5) is 15.9. The molecule has 0 saturated carbocycles. The Hall–Kier alpha value is -1.68. The number of amides is 1. The molecule has 1 amide bonds. The van der Waals surface area contributed by atoms with Gasteiger partial charge in [0.05, 0.1) is 10.2 Å². The second-order valence-electron chi connectivity index (χ2n) is 4.33. The van der Waals surface area contributed by atoms with E-state index in [-0.39, 0.29) is 5.91 Å². The molecule has 0 atom stereocenters. The summed E-state index contributed by atoms with van der Waals surface area (Å²) < 4.78 is 0.791. The first kappa shape index (κ1) is 13.7. The largest absolute Gasteiger partial charge is 0.325 e. The molecule has 3 nitrogen and oxygen atoms in total. The number of anilines is 1. The third-order valence-corrected chi connectivity index (χ3v) is 3.56. The molecule has 0 aliphatic rings. The number of aryl methyl sites for hydroxylation is 2. The van der Waals surface area contributed by atoms with Gasteiger partial charge in [0.15, 0.2) is 0 Å². The average Bonchev–Trinajstić information content (AvgIpc) is 2.40. The van der Waals surface area contributed by atoms with Crippen LogP contribution in [0.3, 0.4) is 0 Å². The van der Waals surface area contributed by atoms with E-state index in [4.69, 9.17) is 0 Å². The standard InChI is InChI=1S/C15H15BrN2O/c1-11-4-2-3-5-12(11)6-7-15(19)18-14-8-9-17-10-13(14)16/h2-5,8-10H,6-7H2,1H3,(H,17,18,19). The third-order valence-electron chi connectivity index (χ3n) is 2.93. The van der Waals surface area contributed by atoms with E-state index >= 15 is 0 Å². The Labute approximate surface area is 121 Å². The van der Waals surface area contributed by atoms with Gasteiger partial charge in [0, 0.05) is 18.8 Å². The SMILES string of the molecule is Cc1ccccc1CCC(=O)Nc1ccncc1Br. The molecule has 0 unspecified atom stereocenters. The second kappa shape index (κ2) is 6.48. The van der Waals surface area contributed by atoms with Crippen LogP contribution in [0.2, 0.25) is 0 Å². The van der Waals surface area contributed by atoms with Gasteiger partial charge >= 0.3 is 0 Å². The number of rotatable bonds is 4. The zero-order valence-electron chi connectivity index (χ0n) is 10.7. The molecular weight excluding hydrogens is 304 g/mol. The number of pyridine rings is 1. The van der Waals surface area contributed by atoms with Crippen LogP contribution in [0.5, 0.6) is 0 Å². The highest BCUT2D eigenvalue weighted by Gasteiger charge is 2.06. The number of carbonyl (C=O) groups is 1. The lowest BCUT2D eigenvalue weighted by molar-refractivity contribution is -0.116. The highest BCUT2D eigenvalue weighted by atomic mass is 79.9. The van der Waals surface area contributed by atoms with E-state index in [1.54, 1.807) is 18.5 Å². The number of carbonyl (C=O) groups excluding carboxylic acids is 1. The molecule has 4 heteroatoms. The monoisotopic (exact) mass is 318 g/mol. The van der Waals surface area contributed by atoms with Crippen molar-refractivity contribution in [1.82, 2.24) is 4.98 Å². The summed E-state index contributed by atoms with van der Waals surface area (Å²) in [6.07, 6.45) is 4.54. The van der Waals surface area contributed by atoms with Crippen LogP contribution in [0, 0.1) is 6.92 Å². The van der Waals surface area contributed by atoms with E-state index in [9.17, 15) is 4.79 Å². The molecule has 0 aliphatic carbocycles. The van der Waals surface area contributed by atoms with E-state index in [0.29, 0.717) is 6.42 Å². The maximum absolute atomic E-state index is 11.9. The van der Waals surface area contributed by atoms with E-state index in [1.165, 1.54) is 11.1 Å². The number of halogens is 1. The predicted molar refractivity (Wildman–Crippen MR) is 80.1 cm³/mol. The molecule has 2 aromatic rings. The number of benzene rings is 1. The summed E-state index contributed by atoms with van der Waals surface area (Å²) in [6, 6.07) is 9.90. The first-order chi connectivity index (χ1) is 9.16. The summed E-state index contributed by atoms with van der Waals surface area (Å²) in [5.74, 6) is 0.00940. The Bertz CT molecular complexity index is 584. The highest BCUT2D eigenvalue weighted by Crippen LogP contribution is 2.20. The van der Waals surface area contributed by atoms with Crippen LogP contribution in [0.25, 0.3) is 0 Å². The maximum atomic E-state index is 11.9. The van der Waals surface area contributed by atoms with Crippen LogP contribution in [0.4, 0.5) is 5.69 Å². The van der Waals surface area contributed by atoms with Crippen molar-refractivity contribution in [3.63, 3.8) is 0 Å². The fourth-order valence-electron chi connectivity index (χ4n) is 1.83. The average molecular weight is 319 g/mol. The molecule has 19 heavy (non-hydrogen) atoms. The van der Waals surface area contributed by atoms with Gasteiger partial charge in [-0.2, -0.15) is 0 Å². The summed E-state index contributed by atoms with van der Waals surface area (Å²) in [5.41, 5.74) is 3.19. The van der Waals surface area contributed by atoms with Gasteiger partial charge in [-0.05, 0) is 46.5 Å². The zero-order valence-corrected chi connectivity index (χ0v) is 12.3. The number of nitrogens with zero attached hydrogens (tertiary/aromatic N) is 1. The van der Waals surface area contributed by atoms with Crippen molar-refractivity contribution in [3.05, 3.63) is 58.3 Å².